The first kappa shape index (κ1) is 30.8. The van der Waals surface area contributed by atoms with E-state index in [9.17, 15) is 22.4 Å². The summed E-state index contributed by atoms with van der Waals surface area (Å²) in [5, 5.41) is 2.94. The van der Waals surface area contributed by atoms with Gasteiger partial charge in [-0.15, -0.1) is 0 Å². The van der Waals surface area contributed by atoms with Crippen LogP contribution in [0.25, 0.3) is 0 Å². The first-order valence-electron chi connectivity index (χ1n) is 13.5. The van der Waals surface area contributed by atoms with Gasteiger partial charge in [-0.1, -0.05) is 55.8 Å². The number of amides is 2. The predicted octanol–water partition coefficient (Wildman–Crippen LogP) is 5.36. The summed E-state index contributed by atoms with van der Waals surface area (Å²) in [6.07, 6.45) is 1.02. The van der Waals surface area contributed by atoms with Crippen molar-refractivity contribution in [3.05, 3.63) is 95.3 Å². The molecule has 0 aliphatic carbocycles. The molecule has 3 aromatic carbocycles. The molecule has 0 bridgehead atoms. The fraction of sp³-hybridized carbons (Fsp3) is 0.355. The minimum Gasteiger partial charge on any atom is -0.352 e. The number of halogens is 1. The van der Waals surface area contributed by atoms with Gasteiger partial charge in [0.25, 0.3) is 10.0 Å². The zero-order valence-electron chi connectivity index (χ0n) is 23.7. The predicted molar refractivity (Wildman–Crippen MR) is 156 cm³/mol. The summed E-state index contributed by atoms with van der Waals surface area (Å²) in [5.74, 6) is -1.29. The molecule has 9 heteroatoms. The van der Waals surface area contributed by atoms with Crippen molar-refractivity contribution in [3.8, 4) is 0 Å². The normalized spacial score (nSPS) is 12.8. The van der Waals surface area contributed by atoms with E-state index in [1.54, 1.807) is 49.4 Å². The van der Waals surface area contributed by atoms with Gasteiger partial charge in [0.15, 0.2) is 0 Å². The SMILES string of the molecule is CC[C@H](C(=O)N[C@@H](C)CC)N(Cc1ccc(F)cc1)C(=O)CN(c1cccc(C)c1)S(=O)(=O)c1ccc(C)cc1. The molecular formula is C31H38FN3O4S. The lowest BCUT2D eigenvalue weighted by molar-refractivity contribution is -0.140. The number of aryl methyl sites for hydroxylation is 2. The fourth-order valence-corrected chi connectivity index (χ4v) is 5.70. The molecule has 0 radical (unpaired) electrons. The average Bonchev–Trinajstić information content (AvgIpc) is 2.92. The monoisotopic (exact) mass is 567 g/mol. The highest BCUT2D eigenvalue weighted by Gasteiger charge is 2.34. The summed E-state index contributed by atoms with van der Waals surface area (Å²) in [6, 6.07) is 18.1. The number of rotatable bonds is 12. The third kappa shape index (κ3) is 7.69. The smallest absolute Gasteiger partial charge is 0.264 e. The molecule has 7 nitrogen and oxygen atoms in total. The number of nitrogens with zero attached hydrogens (tertiary/aromatic N) is 2. The number of benzene rings is 3. The molecule has 0 aliphatic rings. The van der Waals surface area contributed by atoms with E-state index in [-0.39, 0.29) is 23.4 Å². The molecule has 0 fully saturated rings. The second-order valence-electron chi connectivity index (χ2n) is 10.1. The lowest BCUT2D eigenvalue weighted by Crippen LogP contribution is -2.53. The second-order valence-corrected chi connectivity index (χ2v) is 11.9. The largest absolute Gasteiger partial charge is 0.352 e. The van der Waals surface area contributed by atoms with Crippen LogP contribution in [-0.4, -0.2) is 43.8 Å². The van der Waals surface area contributed by atoms with E-state index < -0.39 is 34.3 Å². The lowest BCUT2D eigenvalue weighted by Gasteiger charge is -2.33. The highest BCUT2D eigenvalue weighted by Crippen LogP contribution is 2.26. The van der Waals surface area contributed by atoms with Crippen LogP contribution in [0.3, 0.4) is 0 Å². The standard InChI is InChI=1S/C31H38FN3O4S/c1-6-24(5)33-31(37)29(7-2)34(20-25-13-15-26(32)16-14-25)30(36)21-35(27-10-8-9-23(4)19-27)40(38,39)28-17-11-22(3)12-18-28/h8-19,24,29H,6-7,20-21H2,1-5H3,(H,33,37)/t24-,29+/m0/s1. The van der Waals surface area contributed by atoms with E-state index in [1.807, 2.05) is 33.8 Å². The number of carbonyl (C=O) groups is 2. The summed E-state index contributed by atoms with van der Waals surface area (Å²) in [5.41, 5.74) is 2.69. The van der Waals surface area contributed by atoms with Gasteiger partial charge in [-0.3, -0.25) is 13.9 Å². The quantitative estimate of drug-likeness (QED) is 0.319. The molecule has 0 saturated carbocycles. The van der Waals surface area contributed by atoms with Crippen LogP contribution < -0.4 is 9.62 Å². The molecule has 1 N–H and O–H groups in total. The van der Waals surface area contributed by atoms with E-state index in [0.717, 1.165) is 15.4 Å². The van der Waals surface area contributed by atoms with Crippen LogP contribution in [0.1, 0.15) is 50.3 Å². The maximum Gasteiger partial charge on any atom is 0.264 e. The topological polar surface area (TPSA) is 86.8 Å². The van der Waals surface area contributed by atoms with E-state index in [1.165, 1.54) is 29.2 Å². The maximum absolute atomic E-state index is 14.0. The Morgan fingerprint density at radius 3 is 2.12 bits per heavy atom. The zero-order valence-corrected chi connectivity index (χ0v) is 24.5. The minimum absolute atomic E-state index is 0.0117. The Labute approximate surface area is 237 Å². The number of carbonyl (C=O) groups excluding carboxylic acids is 2. The Hall–Kier alpha value is -3.72. The van der Waals surface area contributed by atoms with Gasteiger partial charge in [-0.2, -0.15) is 0 Å². The van der Waals surface area contributed by atoms with Gasteiger partial charge >= 0.3 is 0 Å². The van der Waals surface area contributed by atoms with Crippen LogP contribution in [-0.2, 0) is 26.2 Å². The van der Waals surface area contributed by atoms with E-state index in [0.29, 0.717) is 24.1 Å². The molecule has 0 unspecified atom stereocenters. The Bertz CT molecular complexity index is 1410. The molecule has 3 aromatic rings. The molecule has 0 saturated heterocycles. The Balaban J connectivity index is 2.05. The number of hydrogen-bond donors (Lipinski definition) is 1. The van der Waals surface area contributed by atoms with Gasteiger partial charge in [0, 0.05) is 12.6 Å². The van der Waals surface area contributed by atoms with Crippen LogP contribution >= 0.6 is 0 Å². The molecule has 0 aromatic heterocycles. The van der Waals surface area contributed by atoms with Crippen LogP contribution in [0.5, 0.6) is 0 Å². The molecule has 0 heterocycles. The van der Waals surface area contributed by atoms with Crippen LogP contribution in [0.15, 0.2) is 77.7 Å². The fourth-order valence-electron chi connectivity index (χ4n) is 4.30. The van der Waals surface area contributed by atoms with E-state index in [2.05, 4.69) is 5.32 Å². The Morgan fingerprint density at radius 2 is 1.55 bits per heavy atom. The highest BCUT2D eigenvalue weighted by molar-refractivity contribution is 7.92. The highest BCUT2D eigenvalue weighted by atomic mass is 32.2. The van der Waals surface area contributed by atoms with Crippen molar-refractivity contribution in [1.29, 1.82) is 0 Å². The van der Waals surface area contributed by atoms with Crippen molar-refractivity contribution < 1.29 is 22.4 Å². The number of anilines is 1. The Morgan fingerprint density at radius 1 is 0.900 bits per heavy atom. The van der Waals surface area contributed by atoms with Crippen LogP contribution in [0, 0.1) is 19.7 Å². The van der Waals surface area contributed by atoms with Crippen molar-refractivity contribution in [2.24, 2.45) is 0 Å². The molecule has 3 rings (SSSR count). The summed E-state index contributed by atoms with van der Waals surface area (Å²) in [7, 11) is -4.13. The van der Waals surface area contributed by atoms with Gasteiger partial charge < -0.3 is 10.2 Å². The number of hydrogen-bond acceptors (Lipinski definition) is 4. The zero-order chi connectivity index (χ0) is 29.4. The summed E-state index contributed by atoms with van der Waals surface area (Å²) >= 11 is 0. The van der Waals surface area contributed by atoms with Crippen molar-refractivity contribution in [3.63, 3.8) is 0 Å². The number of sulfonamides is 1. The molecule has 2 atom stereocenters. The van der Waals surface area contributed by atoms with Crippen molar-refractivity contribution in [2.75, 3.05) is 10.8 Å². The van der Waals surface area contributed by atoms with Crippen molar-refractivity contribution in [1.82, 2.24) is 10.2 Å². The molecular weight excluding hydrogens is 529 g/mol. The van der Waals surface area contributed by atoms with Crippen molar-refractivity contribution in [2.45, 2.75) is 71.0 Å². The molecule has 214 valence electrons. The van der Waals surface area contributed by atoms with Gasteiger partial charge in [0.05, 0.1) is 10.6 Å². The maximum atomic E-state index is 14.0. The molecule has 0 aliphatic heterocycles. The van der Waals surface area contributed by atoms with E-state index in [4.69, 9.17) is 0 Å². The van der Waals surface area contributed by atoms with Gasteiger partial charge in [-0.25, -0.2) is 12.8 Å². The minimum atomic E-state index is -4.13. The first-order chi connectivity index (χ1) is 19.0. The van der Waals surface area contributed by atoms with Crippen LogP contribution in [0.2, 0.25) is 0 Å². The Kier molecular flexibility index (Phi) is 10.5. The van der Waals surface area contributed by atoms with Crippen molar-refractivity contribution >= 4 is 27.5 Å². The summed E-state index contributed by atoms with van der Waals surface area (Å²) < 4.78 is 42.5. The summed E-state index contributed by atoms with van der Waals surface area (Å²) in [4.78, 5) is 28.8. The average molecular weight is 568 g/mol. The molecule has 40 heavy (non-hydrogen) atoms. The first-order valence-corrected chi connectivity index (χ1v) is 14.9. The molecule has 0 spiro atoms. The summed E-state index contributed by atoms with van der Waals surface area (Å²) in [6.45, 7) is 8.82. The van der Waals surface area contributed by atoms with Gasteiger partial charge in [-0.05, 0) is 81.1 Å². The number of nitrogens with one attached hydrogen (secondary N) is 1. The van der Waals surface area contributed by atoms with Gasteiger partial charge in [0.1, 0.15) is 18.4 Å². The molecule has 2 amide bonds. The third-order valence-corrected chi connectivity index (χ3v) is 8.62. The second kappa shape index (κ2) is 13.6. The lowest BCUT2D eigenvalue weighted by atomic mass is 10.1. The van der Waals surface area contributed by atoms with Gasteiger partial charge in [0.2, 0.25) is 11.8 Å². The van der Waals surface area contributed by atoms with Crippen LogP contribution in [0.4, 0.5) is 10.1 Å². The van der Waals surface area contributed by atoms with E-state index >= 15 is 0 Å². The third-order valence-electron chi connectivity index (χ3n) is 6.83.